The molecule has 0 heterocycles. The molecule has 0 aliphatic heterocycles. The third kappa shape index (κ3) is 2.65. The second-order valence-corrected chi connectivity index (χ2v) is 6.42. The van der Waals surface area contributed by atoms with Gasteiger partial charge in [0.15, 0.2) is 0 Å². The van der Waals surface area contributed by atoms with E-state index < -0.39 is 10.0 Å². The van der Waals surface area contributed by atoms with Crippen LogP contribution in [0.5, 0.6) is 0 Å². The summed E-state index contributed by atoms with van der Waals surface area (Å²) in [7, 11) is -2.08. The molecule has 0 bridgehead atoms. The first kappa shape index (κ1) is 14.1. The lowest BCUT2D eigenvalue weighted by Crippen LogP contribution is -2.26. The predicted molar refractivity (Wildman–Crippen MR) is 77.9 cm³/mol. The molecule has 0 spiro atoms. The van der Waals surface area contributed by atoms with Crippen molar-refractivity contribution in [3.8, 4) is 6.07 Å². The van der Waals surface area contributed by atoms with Gasteiger partial charge in [-0.1, -0.05) is 12.1 Å². The maximum absolute atomic E-state index is 12.5. The molecule has 0 atom stereocenters. The van der Waals surface area contributed by atoms with Crippen LogP contribution >= 0.6 is 0 Å². The van der Waals surface area contributed by atoms with Gasteiger partial charge < -0.3 is 0 Å². The molecule has 2 aromatic carbocycles. The standard InChI is InChI=1S/C15H14N2O2S/c1-12-4-3-5-15(10-12)20(18,19)17(2)14-8-6-13(11-16)7-9-14/h3-10H,1-2H3. The summed E-state index contributed by atoms with van der Waals surface area (Å²) in [6.07, 6.45) is 0. The van der Waals surface area contributed by atoms with Crippen molar-refractivity contribution in [1.29, 1.82) is 5.26 Å². The van der Waals surface area contributed by atoms with Crippen LogP contribution in [-0.4, -0.2) is 15.5 Å². The monoisotopic (exact) mass is 286 g/mol. The van der Waals surface area contributed by atoms with E-state index in [0.29, 0.717) is 11.3 Å². The summed E-state index contributed by atoms with van der Waals surface area (Å²) in [5.74, 6) is 0. The SMILES string of the molecule is Cc1cccc(S(=O)(=O)N(C)c2ccc(C#N)cc2)c1. The van der Waals surface area contributed by atoms with Crippen molar-refractivity contribution >= 4 is 15.7 Å². The average Bonchev–Trinajstić information content (AvgIpc) is 2.46. The van der Waals surface area contributed by atoms with Crippen LogP contribution in [0.15, 0.2) is 53.4 Å². The number of benzene rings is 2. The Kier molecular flexibility index (Phi) is 3.77. The van der Waals surface area contributed by atoms with Crippen LogP contribution in [0.4, 0.5) is 5.69 Å². The van der Waals surface area contributed by atoms with Crippen LogP contribution in [-0.2, 0) is 10.0 Å². The van der Waals surface area contributed by atoms with Crippen molar-refractivity contribution in [2.24, 2.45) is 0 Å². The number of nitriles is 1. The number of aryl methyl sites for hydroxylation is 1. The van der Waals surface area contributed by atoms with Gasteiger partial charge in [0.05, 0.1) is 22.2 Å². The average molecular weight is 286 g/mol. The van der Waals surface area contributed by atoms with Crippen molar-refractivity contribution < 1.29 is 8.42 Å². The van der Waals surface area contributed by atoms with E-state index in [2.05, 4.69) is 0 Å². The van der Waals surface area contributed by atoms with Crippen molar-refractivity contribution in [2.45, 2.75) is 11.8 Å². The third-order valence-electron chi connectivity index (χ3n) is 3.01. The lowest BCUT2D eigenvalue weighted by Gasteiger charge is -2.19. The van der Waals surface area contributed by atoms with Crippen LogP contribution < -0.4 is 4.31 Å². The van der Waals surface area contributed by atoms with Gasteiger partial charge in [-0.3, -0.25) is 4.31 Å². The normalized spacial score (nSPS) is 10.8. The van der Waals surface area contributed by atoms with Gasteiger partial charge in [0.2, 0.25) is 0 Å². The fourth-order valence-electron chi connectivity index (χ4n) is 1.82. The molecule has 0 aromatic heterocycles. The zero-order valence-corrected chi connectivity index (χ0v) is 12.1. The quantitative estimate of drug-likeness (QED) is 0.871. The van der Waals surface area contributed by atoms with E-state index >= 15 is 0 Å². The highest BCUT2D eigenvalue weighted by Crippen LogP contribution is 2.22. The largest absolute Gasteiger partial charge is 0.269 e. The molecule has 0 aliphatic rings. The Labute approximate surface area is 118 Å². The molecule has 2 aromatic rings. The van der Waals surface area contributed by atoms with Crippen LogP contribution in [0.3, 0.4) is 0 Å². The van der Waals surface area contributed by atoms with Gasteiger partial charge in [0.1, 0.15) is 0 Å². The highest BCUT2D eigenvalue weighted by atomic mass is 32.2. The van der Waals surface area contributed by atoms with Crippen molar-refractivity contribution in [2.75, 3.05) is 11.4 Å². The molecule has 0 saturated carbocycles. The summed E-state index contributed by atoms with van der Waals surface area (Å²) in [6, 6.07) is 15.2. The fraction of sp³-hybridized carbons (Fsp3) is 0.133. The Hall–Kier alpha value is -2.32. The summed E-state index contributed by atoms with van der Waals surface area (Å²) in [6.45, 7) is 1.85. The number of sulfonamides is 1. The lowest BCUT2D eigenvalue weighted by molar-refractivity contribution is 0.594. The van der Waals surface area contributed by atoms with E-state index in [4.69, 9.17) is 5.26 Å². The highest BCUT2D eigenvalue weighted by molar-refractivity contribution is 7.92. The van der Waals surface area contributed by atoms with E-state index in [1.54, 1.807) is 42.5 Å². The molecule has 0 saturated heterocycles. The molecule has 0 radical (unpaired) electrons. The maximum Gasteiger partial charge on any atom is 0.264 e. The van der Waals surface area contributed by atoms with Gasteiger partial charge in [-0.2, -0.15) is 5.26 Å². The molecule has 20 heavy (non-hydrogen) atoms. The Morgan fingerprint density at radius 3 is 2.30 bits per heavy atom. The van der Waals surface area contributed by atoms with Gasteiger partial charge in [0.25, 0.3) is 10.0 Å². The predicted octanol–water partition coefficient (Wildman–Crippen LogP) is 2.69. The third-order valence-corrected chi connectivity index (χ3v) is 4.79. The molecule has 0 unspecified atom stereocenters. The topological polar surface area (TPSA) is 61.2 Å². The van der Waals surface area contributed by atoms with Gasteiger partial charge in [-0.15, -0.1) is 0 Å². The summed E-state index contributed by atoms with van der Waals surface area (Å²) < 4.78 is 26.2. The van der Waals surface area contributed by atoms with Crippen LogP contribution in [0.25, 0.3) is 0 Å². The number of rotatable bonds is 3. The molecule has 5 heteroatoms. The number of nitrogens with zero attached hydrogens (tertiary/aromatic N) is 2. The first-order chi connectivity index (χ1) is 9.45. The van der Waals surface area contributed by atoms with E-state index in [-0.39, 0.29) is 4.90 Å². The molecule has 0 amide bonds. The smallest absolute Gasteiger partial charge is 0.264 e. The Morgan fingerprint density at radius 1 is 1.10 bits per heavy atom. The molecule has 0 fully saturated rings. The maximum atomic E-state index is 12.5. The fourth-order valence-corrected chi connectivity index (χ4v) is 3.12. The van der Waals surface area contributed by atoms with Gasteiger partial charge >= 0.3 is 0 Å². The summed E-state index contributed by atoms with van der Waals surface area (Å²) in [4.78, 5) is 0.254. The second kappa shape index (κ2) is 5.35. The van der Waals surface area contributed by atoms with Gasteiger partial charge in [-0.25, -0.2) is 8.42 Å². The van der Waals surface area contributed by atoms with Crippen molar-refractivity contribution in [3.63, 3.8) is 0 Å². The van der Waals surface area contributed by atoms with Crippen LogP contribution in [0, 0.1) is 18.3 Å². The van der Waals surface area contributed by atoms with E-state index in [0.717, 1.165) is 5.56 Å². The van der Waals surface area contributed by atoms with Crippen molar-refractivity contribution in [1.82, 2.24) is 0 Å². The van der Waals surface area contributed by atoms with E-state index in [1.165, 1.54) is 11.4 Å². The molecular formula is C15H14N2O2S. The molecule has 0 N–H and O–H groups in total. The first-order valence-electron chi connectivity index (χ1n) is 6.01. The zero-order valence-electron chi connectivity index (χ0n) is 11.2. The Morgan fingerprint density at radius 2 is 1.75 bits per heavy atom. The van der Waals surface area contributed by atoms with Crippen LogP contribution in [0.2, 0.25) is 0 Å². The summed E-state index contributed by atoms with van der Waals surface area (Å²) in [5, 5.41) is 8.75. The first-order valence-corrected chi connectivity index (χ1v) is 7.45. The van der Waals surface area contributed by atoms with Crippen LogP contribution in [0.1, 0.15) is 11.1 Å². The van der Waals surface area contributed by atoms with Gasteiger partial charge in [-0.05, 0) is 48.9 Å². The lowest BCUT2D eigenvalue weighted by atomic mass is 10.2. The Balaban J connectivity index is 2.40. The number of hydrogen-bond donors (Lipinski definition) is 0. The summed E-state index contributed by atoms with van der Waals surface area (Å²) >= 11 is 0. The van der Waals surface area contributed by atoms with E-state index in [1.807, 2.05) is 19.1 Å². The number of anilines is 1. The zero-order chi connectivity index (χ0) is 14.8. The Bertz CT molecular complexity index is 759. The molecule has 4 nitrogen and oxygen atoms in total. The van der Waals surface area contributed by atoms with E-state index in [9.17, 15) is 8.42 Å². The second-order valence-electron chi connectivity index (χ2n) is 4.45. The van der Waals surface area contributed by atoms with Gasteiger partial charge in [0, 0.05) is 7.05 Å². The number of hydrogen-bond acceptors (Lipinski definition) is 3. The highest BCUT2D eigenvalue weighted by Gasteiger charge is 2.21. The molecule has 102 valence electrons. The minimum absolute atomic E-state index is 0.254. The summed E-state index contributed by atoms with van der Waals surface area (Å²) in [5.41, 5.74) is 1.90. The van der Waals surface area contributed by atoms with Crippen molar-refractivity contribution in [3.05, 3.63) is 59.7 Å². The molecular weight excluding hydrogens is 272 g/mol. The molecule has 0 aliphatic carbocycles. The minimum Gasteiger partial charge on any atom is -0.269 e. The molecule has 2 rings (SSSR count). The minimum atomic E-state index is -3.58.